The van der Waals surface area contributed by atoms with Crippen molar-refractivity contribution in [1.82, 2.24) is 0 Å². The van der Waals surface area contributed by atoms with Gasteiger partial charge in [-0.05, 0) is 37.3 Å². The average Bonchev–Trinajstić information content (AvgIpc) is 2.53. The summed E-state index contributed by atoms with van der Waals surface area (Å²) in [5.74, 6) is -0.206. The Hall–Kier alpha value is -2.82. The molecular formula is C16H16N2O3. The van der Waals surface area contributed by atoms with Crippen LogP contribution in [0.25, 0.3) is 0 Å². The number of ether oxygens (including phenoxy) is 1. The van der Waals surface area contributed by atoms with Gasteiger partial charge in [0.2, 0.25) is 0 Å². The minimum absolute atomic E-state index is 0.217. The molecule has 0 atom stereocenters. The summed E-state index contributed by atoms with van der Waals surface area (Å²) in [5, 5.41) is 13.2. The van der Waals surface area contributed by atoms with Crippen LogP contribution < -0.4 is 10.2 Å². The number of hydrazone groups is 1. The topological polar surface area (TPSA) is 70.9 Å². The molecule has 5 heteroatoms. The molecule has 0 unspecified atom stereocenters. The number of methoxy groups -OCH3 is 1. The standard InChI is InChI=1S/C16H16N2O3/c1-11(12-5-4-8-15(10-12)21-2)17-18-14-7-3-6-13(9-14)16(19)20/h3-10,18H,1-2H3,(H,19,20)/b17-11+. The lowest BCUT2D eigenvalue weighted by Crippen LogP contribution is -2.01. The second-order valence-corrected chi connectivity index (χ2v) is 4.43. The van der Waals surface area contributed by atoms with E-state index in [0.29, 0.717) is 5.69 Å². The van der Waals surface area contributed by atoms with Gasteiger partial charge >= 0.3 is 5.97 Å². The Bertz CT molecular complexity index is 681. The lowest BCUT2D eigenvalue weighted by molar-refractivity contribution is 0.0697. The van der Waals surface area contributed by atoms with Gasteiger partial charge in [-0.2, -0.15) is 5.10 Å². The van der Waals surface area contributed by atoms with Crippen LogP contribution in [0.4, 0.5) is 5.69 Å². The molecule has 0 amide bonds. The van der Waals surface area contributed by atoms with E-state index in [1.165, 1.54) is 12.1 Å². The second kappa shape index (κ2) is 6.56. The molecule has 0 saturated heterocycles. The lowest BCUT2D eigenvalue weighted by Gasteiger charge is -2.06. The van der Waals surface area contributed by atoms with Crippen LogP contribution in [0, 0.1) is 0 Å². The van der Waals surface area contributed by atoms with Crippen LogP contribution >= 0.6 is 0 Å². The van der Waals surface area contributed by atoms with Crippen molar-refractivity contribution in [2.45, 2.75) is 6.92 Å². The predicted octanol–water partition coefficient (Wildman–Crippen LogP) is 3.23. The summed E-state index contributed by atoms with van der Waals surface area (Å²) in [4.78, 5) is 10.9. The fraction of sp³-hybridized carbons (Fsp3) is 0.125. The quantitative estimate of drug-likeness (QED) is 0.653. The van der Waals surface area contributed by atoms with E-state index in [-0.39, 0.29) is 5.56 Å². The molecule has 2 aromatic carbocycles. The summed E-state index contributed by atoms with van der Waals surface area (Å²) >= 11 is 0. The Morgan fingerprint density at radius 2 is 1.86 bits per heavy atom. The van der Waals surface area contributed by atoms with Crippen molar-refractivity contribution in [3.63, 3.8) is 0 Å². The molecule has 2 aromatic rings. The molecule has 0 radical (unpaired) electrons. The Morgan fingerprint density at radius 1 is 1.14 bits per heavy atom. The smallest absolute Gasteiger partial charge is 0.335 e. The van der Waals surface area contributed by atoms with Crippen molar-refractivity contribution in [3.8, 4) is 5.75 Å². The third kappa shape index (κ3) is 3.82. The van der Waals surface area contributed by atoms with Gasteiger partial charge in [0, 0.05) is 5.56 Å². The summed E-state index contributed by atoms with van der Waals surface area (Å²) in [7, 11) is 1.61. The van der Waals surface area contributed by atoms with Crippen LogP contribution in [-0.4, -0.2) is 23.9 Å². The Morgan fingerprint density at radius 3 is 2.57 bits per heavy atom. The number of benzene rings is 2. The van der Waals surface area contributed by atoms with Gasteiger partial charge in [-0.15, -0.1) is 0 Å². The Labute approximate surface area is 122 Å². The fourth-order valence-corrected chi connectivity index (χ4v) is 1.78. The minimum Gasteiger partial charge on any atom is -0.497 e. The molecule has 2 rings (SSSR count). The van der Waals surface area contributed by atoms with Crippen LogP contribution in [-0.2, 0) is 0 Å². The number of aromatic carboxylic acids is 1. The van der Waals surface area contributed by atoms with Crippen LogP contribution in [0.15, 0.2) is 53.6 Å². The summed E-state index contributed by atoms with van der Waals surface area (Å²) < 4.78 is 5.17. The van der Waals surface area contributed by atoms with Crippen molar-refractivity contribution in [1.29, 1.82) is 0 Å². The molecule has 0 spiro atoms. The van der Waals surface area contributed by atoms with E-state index in [1.807, 2.05) is 31.2 Å². The first kappa shape index (κ1) is 14.6. The number of rotatable bonds is 5. The zero-order chi connectivity index (χ0) is 15.2. The Balaban J connectivity index is 2.16. The third-order valence-corrected chi connectivity index (χ3v) is 2.95. The highest BCUT2D eigenvalue weighted by molar-refractivity contribution is 5.99. The normalized spacial score (nSPS) is 11.0. The number of hydrogen-bond donors (Lipinski definition) is 2. The van der Waals surface area contributed by atoms with Gasteiger partial charge in [0.1, 0.15) is 5.75 Å². The molecule has 0 aliphatic rings. The zero-order valence-electron chi connectivity index (χ0n) is 11.8. The van der Waals surface area contributed by atoms with Gasteiger partial charge in [0.05, 0.1) is 24.1 Å². The molecule has 0 aromatic heterocycles. The van der Waals surface area contributed by atoms with Crippen molar-refractivity contribution < 1.29 is 14.6 Å². The number of carboxylic acids is 1. The maximum absolute atomic E-state index is 10.9. The molecule has 108 valence electrons. The van der Waals surface area contributed by atoms with Crippen LogP contribution in [0.3, 0.4) is 0 Å². The average molecular weight is 284 g/mol. The molecule has 0 bridgehead atoms. The zero-order valence-corrected chi connectivity index (χ0v) is 11.8. The van der Waals surface area contributed by atoms with Crippen molar-refractivity contribution in [3.05, 3.63) is 59.7 Å². The Kier molecular flexibility index (Phi) is 4.56. The number of nitrogens with zero attached hydrogens (tertiary/aromatic N) is 1. The first-order chi connectivity index (χ1) is 10.1. The third-order valence-electron chi connectivity index (χ3n) is 2.95. The maximum Gasteiger partial charge on any atom is 0.335 e. The molecule has 5 nitrogen and oxygen atoms in total. The van der Waals surface area contributed by atoms with Gasteiger partial charge in [0.25, 0.3) is 0 Å². The lowest BCUT2D eigenvalue weighted by atomic mass is 10.1. The van der Waals surface area contributed by atoms with E-state index in [4.69, 9.17) is 9.84 Å². The fourth-order valence-electron chi connectivity index (χ4n) is 1.78. The molecule has 21 heavy (non-hydrogen) atoms. The van der Waals surface area contributed by atoms with Crippen LogP contribution in [0.5, 0.6) is 5.75 Å². The number of carboxylic acid groups (broad SMARTS) is 1. The molecular weight excluding hydrogens is 268 g/mol. The van der Waals surface area contributed by atoms with E-state index in [1.54, 1.807) is 19.2 Å². The highest BCUT2D eigenvalue weighted by Crippen LogP contribution is 2.14. The van der Waals surface area contributed by atoms with E-state index >= 15 is 0 Å². The molecule has 0 saturated carbocycles. The number of anilines is 1. The number of nitrogens with one attached hydrogen (secondary N) is 1. The molecule has 0 heterocycles. The van der Waals surface area contributed by atoms with E-state index in [2.05, 4.69) is 10.5 Å². The number of hydrogen-bond acceptors (Lipinski definition) is 4. The number of carbonyl (C=O) groups is 1. The highest BCUT2D eigenvalue weighted by Gasteiger charge is 2.03. The summed E-state index contributed by atoms with van der Waals surface area (Å²) in [6.45, 7) is 1.86. The van der Waals surface area contributed by atoms with E-state index in [9.17, 15) is 4.79 Å². The largest absolute Gasteiger partial charge is 0.497 e. The monoisotopic (exact) mass is 284 g/mol. The van der Waals surface area contributed by atoms with Gasteiger partial charge in [-0.1, -0.05) is 18.2 Å². The maximum atomic E-state index is 10.9. The first-order valence-corrected chi connectivity index (χ1v) is 6.38. The minimum atomic E-state index is -0.966. The van der Waals surface area contributed by atoms with Gasteiger partial charge in [-0.25, -0.2) is 4.79 Å². The van der Waals surface area contributed by atoms with Crippen molar-refractivity contribution in [2.24, 2.45) is 5.10 Å². The van der Waals surface area contributed by atoms with Gasteiger partial charge in [0.15, 0.2) is 0 Å². The summed E-state index contributed by atoms with van der Waals surface area (Å²) in [6, 6.07) is 14.1. The predicted molar refractivity (Wildman–Crippen MR) is 82.2 cm³/mol. The SMILES string of the molecule is COc1cccc(/C(C)=N/Nc2cccc(C(=O)O)c2)c1. The first-order valence-electron chi connectivity index (χ1n) is 6.38. The van der Waals surface area contributed by atoms with Crippen LogP contribution in [0.2, 0.25) is 0 Å². The van der Waals surface area contributed by atoms with E-state index in [0.717, 1.165) is 17.0 Å². The molecule has 0 fully saturated rings. The second-order valence-electron chi connectivity index (χ2n) is 4.43. The van der Waals surface area contributed by atoms with Crippen molar-refractivity contribution in [2.75, 3.05) is 12.5 Å². The van der Waals surface area contributed by atoms with Gasteiger partial charge < -0.3 is 9.84 Å². The highest BCUT2D eigenvalue weighted by atomic mass is 16.5. The molecule has 0 aliphatic heterocycles. The molecule has 2 N–H and O–H groups in total. The van der Waals surface area contributed by atoms with Crippen LogP contribution in [0.1, 0.15) is 22.8 Å². The summed E-state index contributed by atoms with van der Waals surface area (Å²) in [6.07, 6.45) is 0. The van der Waals surface area contributed by atoms with Crippen molar-refractivity contribution >= 4 is 17.4 Å². The van der Waals surface area contributed by atoms with E-state index < -0.39 is 5.97 Å². The molecule has 0 aliphatic carbocycles. The van der Waals surface area contributed by atoms with Gasteiger partial charge in [-0.3, -0.25) is 5.43 Å². The summed E-state index contributed by atoms with van der Waals surface area (Å²) in [5.41, 5.74) is 5.40.